The van der Waals surface area contributed by atoms with Gasteiger partial charge in [-0.05, 0) is 46.6 Å². The highest BCUT2D eigenvalue weighted by Crippen LogP contribution is 2.34. The van der Waals surface area contributed by atoms with Crippen LogP contribution in [-0.4, -0.2) is 56.1 Å². The Bertz CT molecular complexity index is 748. The highest BCUT2D eigenvalue weighted by atomic mass is 32.2. The van der Waals surface area contributed by atoms with Crippen molar-refractivity contribution in [2.45, 2.75) is 68.8 Å². The quantitative estimate of drug-likeness (QED) is 0.788. The number of likely N-dealkylation sites (N-methyl/N-ethyl adjacent to an activating group) is 1. The number of nitrogens with zero attached hydrogens (tertiary/aromatic N) is 2. The fourth-order valence-corrected chi connectivity index (χ4v) is 5.95. The van der Waals surface area contributed by atoms with Gasteiger partial charge in [0.05, 0.1) is 0 Å². The van der Waals surface area contributed by atoms with Crippen LogP contribution in [0, 0.1) is 13.8 Å². The maximum Gasteiger partial charge on any atom is 0.246 e. The van der Waals surface area contributed by atoms with Gasteiger partial charge in [-0.25, -0.2) is 8.42 Å². The van der Waals surface area contributed by atoms with Crippen molar-refractivity contribution < 1.29 is 17.7 Å². The lowest BCUT2D eigenvalue weighted by Gasteiger charge is -2.39. The van der Waals surface area contributed by atoms with E-state index in [0.29, 0.717) is 31.6 Å². The first-order chi connectivity index (χ1) is 12.3. The minimum absolute atomic E-state index is 0.0447. The molecule has 3 rings (SSSR count). The second kappa shape index (κ2) is 7.28. The molecule has 8 nitrogen and oxygen atoms in total. The molecule has 1 atom stereocenters. The van der Waals surface area contributed by atoms with Crippen LogP contribution in [0.2, 0.25) is 0 Å². The summed E-state index contributed by atoms with van der Waals surface area (Å²) in [4.78, 5) is 15.2. The van der Waals surface area contributed by atoms with E-state index in [-0.39, 0.29) is 22.6 Å². The highest BCUT2D eigenvalue weighted by molar-refractivity contribution is 7.89. The lowest BCUT2D eigenvalue weighted by atomic mass is 9.95. The third-order valence-electron chi connectivity index (χ3n) is 5.55. The van der Waals surface area contributed by atoms with E-state index in [0.717, 1.165) is 25.7 Å². The van der Waals surface area contributed by atoms with Gasteiger partial charge < -0.3 is 14.7 Å². The standard InChI is InChI=1S/C17H28N4O4S/c1-12-15(13(2)25-19-12)26(23,24)20-17(8-4-5-9-17)16(22)21-10-6-7-14(11-21)18-3/h14,18,20H,4-11H2,1-3H3. The first-order valence-corrected chi connectivity index (χ1v) is 10.7. The Labute approximate surface area is 154 Å². The zero-order chi connectivity index (χ0) is 18.9. The average Bonchev–Trinajstić information content (AvgIpc) is 3.21. The molecule has 1 amide bonds. The topological polar surface area (TPSA) is 105 Å². The van der Waals surface area contributed by atoms with Gasteiger partial charge in [-0.2, -0.15) is 4.72 Å². The van der Waals surface area contributed by atoms with Gasteiger partial charge in [0.25, 0.3) is 0 Å². The number of hydrogen-bond acceptors (Lipinski definition) is 6. The van der Waals surface area contributed by atoms with Gasteiger partial charge in [-0.15, -0.1) is 0 Å². The van der Waals surface area contributed by atoms with Crippen LogP contribution >= 0.6 is 0 Å². The average molecular weight is 385 g/mol. The fourth-order valence-electron chi connectivity index (χ4n) is 4.20. The number of likely N-dealkylation sites (tertiary alicyclic amines) is 1. The van der Waals surface area contributed by atoms with Crippen LogP contribution in [0.3, 0.4) is 0 Å². The second-order valence-electron chi connectivity index (χ2n) is 7.43. The van der Waals surface area contributed by atoms with E-state index in [1.54, 1.807) is 13.8 Å². The van der Waals surface area contributed by atoms with Crippen LogP contribution in [0.25, 0.3) is 0 Å². The van der Waals surface area contributed by atoms with Gasteiger partial charge in [-0.3, -0.25) is 4.79 Å². The molecule has 1 unspecified atom stereocenters. The summed E-state index contributed by atoms with van der Waals surface area (Å²) in [7, 11) is -2.00. The molecule has 0 radical (unpaired) electrons. The molecule has 9 heteroatoms. The lowest BCUT2D eigenvalue weighted by Crippen LogP contribution is -2.60. The summed E-state index contributed by atoms with van der Waals surface area (Å²) in [6, 6.07) is 0.255. The molecular weight excluding hydrogens is 356 g/mol. The predicted molar refractivity (Wildman–Crippen MR) is 96.2 cm³/mol. The number of sulfonamides is 1. The number of carbonyl (C=O) groups is 1. The molecule has 26 heavy (non-hydrogen) atoms. The second-order valence-corrected chi connectivity index (χ2v) is 9.05. The van der Waals surface area contributed by atoms with Crippen LogP contribution in [0.5, 0.6) is 0 Å². The summed E-state index contributed by atoms with van der Waals surface area (Å²) in [5.41, 5.74) is -0.756. The van der Waals surface area contributed by atoms with Gasteiger partial charge in [0.1, 0.15) is 16.1 Å². The third-order valence-corrected chi connectivity index (χ3v) is 7.33. The predicted octanol–water partition coefficient (Wildman–Crippen LogP) is 1.09. The van der Waals surface area contributed by atoms with Crippen LogP contribution in [0.4, 0.5) is 0 Å². The Morgan fingerprint density at radius 2 is 1.96 bits per heavy atom. The molecule has 0 bridgehead atoms. The maximum absolute atomic E-state index is 13.3. The van der Waals surface area contributed by atoms with Crippen molar-refractivity contribution in [1.29, 1.82) is 0 Å². The van der Waals surface area contributed by atoms with E-state index < -0.39 is 15.6 Å². The molecule has 146 valence electrons. The summed E-state index contributed by atoms with van der Waals surface area (Å²) in [5.74, 6) is 0.133. The molecule has 0 spiro atoms. The Morgan fingerprint density at radius 3 is 2.54 bits per heavy atom. The Hall–Kier alpha value is -1.45. The minimum Gasteiger partial charge on any atom is -0.360 e. The molecule has 1 aliphatic carbocycles. The van der Waals surface area contributed by atoms with Gasteiger partial charge in [0.2, 0.25) is 15.9 Å². The number of aromatic nitrogens is 1. The monoisotopic (exact) mass is 384 g/mol. The number of nitrogens with one attached hydrogen (secondary N) is 2. The van der Waals surface area contributed by atoms with Crippen LogP contribution in [0.15, 0.2) is 9.42 Å². The Kier molecular flexibility index (Phi) is 5.41. The summed E-state index contributed by atoms with van der Waals surface area (Å²) in [6.07, 6.45) is 4.66. The Morgan fingerprint density at radius 1 is 1.27 bits per heavy atom. The SMILES string of the molecule is CNC1CCCN(C(=O)C2(NS(=O)(=O)c3c(C)noc3C)CCCC2)C1. The van der Waals surface area contributed by atoms with Gasteiger partial charge in [-0.1, -0.05) is 18.0 Å². The Balaban J connectivity index is 1.87. The van der Waals surface area contributed by atoms with E-state index in [9.17, 15) is 13.2 Å². The molecule has 2 aliphatic rings. The summed E-state index contributed by atoms with van der Waals surface area (Å²) in [5, 5.41) is 6.96. The number of hydrogen-bond donors (Lipinski definition) is 2. The van der Waals surface area contributed by atoms with Gasteiger partial charge >= 0.3 is 0 Å². The van der Waals surface area contributed by atoms with Crippen molar-refractivity contribution >= 4 is 15.9 Å². The molecule has 2 heterocycles. The highest BCUT2D eigenvalue weighted by Gasteiger charge is 2.48. The first kappa shape index (κ1) is 19.3. The van der Waals surface area contributed by atoms with Crippen molar-refractivity contribution in [3.8, 4) is 0 Å². The summed E-state index contributed by atoms with van der Waals surface area (Å²) < 4.78 is 33.8. The zero-order valence-corrected chi connectivity index (χ0v) is 16.5. The fraction of sp³-hybridized carbons (Fsp3) is 0.765. The van der Waals surface area contributed by atoms with E-state index in [1.165, 1.54) is 0 Å². The van der Waals surface area contributed by atoms with Crippen molar-refractivity contribution in [3.63, 3.8) is 0 Å². The molecule has 1 saturated heterocycles. The molecule has 0 aromatic carbocycles. The number of aryl methyl sites for hydroxylation is 2. The zero-order valence-electron chi connectivity index (χ0n) is 15.7. The molecule has 1 aliphatic heterocycles. The van der Waals surface area contributed by atoms with Crippen molar-refractivity contribution in [3.05, 3.63) is 11.5 Å². The number of amides is 1. The molecule has 1 aromatic rings. The van der Waals surface area contributed by atoms with Crippen molar-refractivity contribution in [2.24, 2.45) is 0 Å². The first-order valence-electron chi connectivity index (χ1n) is 9.22. The van der Waals surface area contributed by atoms with E-state index in [2.05, 4.69) is 15.2 Å². The normalized spacial score (nSPS) is 23.3. The van der Waals surface area contributed by atoms with E-state index in [1.807, 2.05) is 11.9 Å². The smallest absolute Gasteiger partial charge is 0.246 e. The molecule has 1 aromatic heterocycles. The van der Waals surface area contributed by atoms with Gasteiger partial charge in [0.15, 0.2) is 5.76 Å². The van der Waals surface area contributed by atoms with E-state index in [4.69, 9.17) is 4.52 Å². The molecule has 2 fully saturated rings. The summed E-state index contributed by atoms with van der Waals surface area (Å²) in [6.45, 7) is 4.45. The third kappa shape index (κ3) is 3.52. The van der Waals surface area contributed by atoms with Crippen molar-refractivity contribution in [2.75, 3.05) is 20.1 Å². The molecule has 2 N–H and O–H groups in total. The van der Waals surface area contributed by atoms with E-state index >= 15 is 0 Å². The van der Waals surface area contributed by atoms with Crippen LogP contribution in [-0.2, 0) is 14.8 Å². The largest absolute Gasteiger partial charge is 0.360 e. The van der Waals surface area contributed by atoms with Gasteiger partial charge in [0, 0.05) is 19.1 Å². The van der Waals surface area contributed by atoms with Crippen molar-refractivity contribution in [1.82, 2.24) is 20.1 Å². The minimum atomic E-state index is -3.89. The molecule has 1 saturated carbocycles. The van der Waals surface area contributed by atoms with Crippen LogP contribution < -0.4 is 10.0 Å². The number of carbonyl (C=O) groups excluding carboxylic acids is 1. The maximum atomic E-state index is 13.3. The molecular formula is C17H28N4O4S. The number of piperidine rings is 1. The lowest BCUT2D eigenvalue weighted by molar-refractivity contribution is -0.138. The summed E-state index contributed by atoms with van der Waals surface area (Å²) >= 11 is 0. The number of rotatable bonds is 5. The van der Waals surface area contributed by atoms with Crippen LogP contribution in [0.1, 0.15) is 50.0 Å².